The lowest BCUT2D eigenvalue weighted by atomic mass is 10.1. The van der Waals surface area contributed by atoms with Crippen molar-refractivity contribution in [2.75, 3.05) is 6.54 Å². The first-order valence-electron chi connectivity index (χ1n) is 5.14. The van der Waals surface area contributed by atoms with Gasteiger partial charge in [0.2, 0.25) is 0 Å². The highest BCUT2D eigenvalue weighted by molar-refractivity contribution is 5.18. The van der Waals surface area contributed by atoms with Crippen LogP contribution in [-0.4, -0.2) is 6.54 Å². The molecule has 0 saturated heterocycles. The second kappa shape index (κ2) is 3.93. The maximum absolute atomic E-state index is 3.56. The van der Waals surface area contributed by atoms with Crippen LogP contribution in [0.3, 0.4) is 0 Å². The van der Waals surface area contributed by atoms with E-state index in [1.807, 2.05) is 0 Å². The Morgan fingerprint density at radius 1 is 1.31 bits per heavy atom. The Labute approximate surface area is 80.2 Å². The van der Waals surface area contributed by atoms with Crippen LogP contribution in [0.4, 0.5) is 0 Å². The van der Waals surface area contributed by atoms with Crippen molar-refractivity contribution in [1.29, 1.82) is 0 Å². The van der Waals surface area contributed by atoms with Crippen LogP contribution in [0.25, 0.3) is 0 Å². The zero-order chi connectivity index (χ0) is 9.10. The Morgan fingerprint density at radius 2 is 2.00 bits per heavy atom. The number of hydrogen-bond acceptors (Lipinski definition) is 1. The average Bonchev–Trinajstić information content (AvgIpc) is 2.99. The Balaban J connectivity index is 1.85. The Hall–Kier alpha value is -0.820. The fourth-order valence-electron chi connectivity index (χ4n) is 1.52. The van der Waals surface area contributed by atoms with Gasteiger partial charge < -0.3 is 5.32 Å². The van der Waals surface area contributed by atoms with Crippen molar-refractivity contribution in [3.63, 3.8) is 0 Å². The molecule has 0 amide bonds. The van der Waals surface area contributed by atoms with E-state index in [4.69, 9.17) is 0 Å². The summed E-state index contributed by atoms with van der Waals surface area (Å²) in [5.74, 6) is 0.964. The summed E-state index contributed by atoms with van der Waals surface area (Å²) in [6, 6.07) is 11.1. The molecule has 13 heavy (non-hydrogen) atoms. The van der Waals surface area contributed by atoms with Crippen LogP contribution in [-0.2, 0) is 0 Å². The van der Waals surface area contributed by atoms with E-state index in [0.29, 0.717) is 6.04 Å². The molecule has 1 aromatic carbocycles. The van der Waals surface area contributed by atoms with Gasteiger partial charge in [-0.1, -0.05) is 30.3 Å². The molecule has 1 nitrogen and oxygen atoms in total. The molecule has 0 bridgehead atoms. The molecule has 1 saturated carbocycles. The summed E-state index contributed by atoms with van der Waals surface area (Å²) >= 11 is 0. The van der Waals surface area contributed by atoms with Crippen LogP contribution in [0, 0.1) is 5.92 Å². The van der Waals surface area contributed by atoms with Crippen molar-refractivity contribution < 1.29 is 0 Å². The molecule has 0 spiro atoms. The van der Waals surface area contributed by atoms with E-state index in [2.05, 4.69) is 42.6 Å². The maximum atomic E-state index is 3.56. The largest absolute Gasteiger partial charge is 0.310 e. The molecular formula is C12H17N. The zero-order valence-electron chi connectivity index (χ0n) is 8.16. The second-order valence-corrected chi connectivity index (χ2v) is 3.98. The molecule has 0 aliphatic heterocycles. The monoisotopic (exact) mass is 175 g/mol. The minimum Gasteiger partial charge on any atom is -0.310 e. The van der Waals surface area contributed by atoms with Crippen molar-refractivity contribution in [3.8, 4) is 0 Å². The normalized spacial score (nSPS) is 18.5. The summed E-state index contributed by atoms with van der Waals surface area (Å²) < 4.78 is 0. The average molecular weight is 175 g/mol. The van der Waals surface area contributed by atoms with Crippen LogP contribution >= 0.6 is 0 Å². The molecule has 2 rings (SSSR count). The van der Waals surface area contributed by atoms with Gasteiger partial charge in [-0.05, 0) is 37.8 Å². The molecule has 1 unspecified atom stereocenters. The van der Waals surface area contributed by atoms with Crippen molar-refractivity contribution in [2.45, 2.75) is 25.8 Å². The molecule has 70 valence electrons. The van der Waals surface area contributed by atoms with Gasteiger partial charge in [-0.3, -0.25) is 0 Å². The van der Waals surface area contributed by atoms with Gasteiger partial charge in [0.25, 0.3) is 0 Å². The minimum atomic E-state index is 0.502. The quantitative estimate of drug-likeness (QED) is 0.742. The molecule has 1 aromatic rings. The molecule has 0 radical (unpaired) electrons. The molecule has 0 heterocycles. The summed E-state index contributed by atoms with van der Waals surface area (Å²) in [6.07, 6.45) is 2.85. The first-order chi connectivity index (χ1) is 6.36. The highest BCUT2D eigenvalue weighted by atomic mass is 14.9. The van der Waals surface area contributed by atoms with E-state index in [1.54, 1.807) is 0 Å². The summed E-state index contributed by atoms with van der Waals surface area (Å²) in [5, 5.41) is 3.56. The van der Waals surface area contributed by atoms with Crippen LogP contribution < -0.4 is 5.32 Å². The Morgan fingerprint density at radius 3 is 2.62 bits per heavy atom. The molecule has 0 aromatic heterocycles. The smallest absolute Gasteiger partial charge is 0.0291 e. The lowest BCUT2D eigenvalue weighted by Gasteiger charge is -2.13. The molecule has 1 fully saturated rings. The maximum Gasteiger partial charge on any atom is 0.0291 e. The van der Waals surface area contributed by atoms with Crippen molar-refractivity contribution in [1.82, 2.24) is 5.32 Å². The fraction of sp³-hybridized carbons (Fsp3) is 0.500. The topological polar surface area (TPSA) is 12.0 Å². The van der Waals surface area contributed by atoms with E-state index in [-0.39, 0.29) is 0 Å². The van der Waals surface area contributed by atoms with E-state index >= 15 is 0 Å². The van der Waals surface area contributed by atoms with E-state index in [0.717, 1.165) is 5.92 Å². The summed E-state index contributed by atoms with van der Waals surface area (Å²) in [5.41, 5.74) is 1.39. The van der Waals surface area contributed by atoms with Gasteiger partial charge in [0, 0.05) is 6.04 Å². The zero-order valence-corrected chi connectivity index (χ0v) is 8.16. The minimum absolute atomic E-state index is 0.502. The predicted octanol–water partition coefficient (Wildman–Crippen LogP) is 2.75. The van der Waals surface area contributed by atoms with E-state index in [1.165, 1.54) is 24.9 Å². The van der Waals surface area contributed by atoms with E-state index < -0.39 is 0 Å². The van der Waals surface area contributed by atoms with Gasteiger partial charge >= 0.3 is 0 Å². The van der Waals surface area contributed by atoms with Crippen LogP contribution in [0.5, 0.6) is 0 Å². The second-order valence-electron chi connectivity index (χ2n) is 3.98. The van der Waals surface area contributed by atoms with Gasteiger partial charge in [0.15, 0.2) is 0 Å². The van der Waals surface area contributed by atoms with Crippen molar-refractivity contribution >= 4 is 0 Å². The van der Waals surface area contributed by atoms with Crippen molar-refractivity contribution in [2.24, 2.45) is 5.92 Å². The number of benzene rings is 1. The van der Waals surface area contributed by atoms with Gasteiger partial charge in [-0.25, -0.2) is 0 Å². The summed E-state index contributed by atoms with van der Waals surface area (Å²) in [6.45, 7) is 3.42. The van der Waals surface area contributed by atoms with Gasteiger partial charge in [0.1, 0.15) is 0 Å². The first-order valence-corrected chi connectivity index (χ1v) is 5.14. The molecule has 1 aliphatic carbocycles. The Bertz CT molecular complexity index is 251. The van der Waals surface area contributed by atoms with Gasteiger partial charge in [0.05, 0.1) is 0 Å². The predicted molar refractivity (Wildman–Crippen MR) is 55.6 cm³/mol. The molecule has 1 aliphatic rings. The summed E-state index contributed by atoms with van der Waals surface area (Å²) in [4.78, 5) is 0. The number of hydrogen-bond donors (Lipinski definition) is 1. The number of rotatable bonds is 4. The molecular weight excluding hydrogens is 158 g/mol. The summed E-state index contributed by atoms with van der Waals surface area (Å²) in [7, 11) is 0. The molecule has 1 atom stereocenters. The van der Waals surface area contributed by atoms with Crippen molar-refractivity contribution in [3.05, 3.63) is 35.9 Å². The van der Waals surface area contributed by atoms with Crippen LogP contribution in [0.1, 0.15) is 31.4 Å². The van der Waals surface area contributed by atoms with E-state index in [9.17, 15) is 0 Å². The third-order valence-corrected chi connectivity index (χ3v) is 2.71. The number of nitrogens with one attached hydrogen (secondary N) is 1. The molecule has 1 N–H and O–H groups in total. The lowest BCUT2D eigenvalue weighted by molar-refractivity contribution is 0.549. The highest BCUT2D eigenvalue weighted by Crippen LogP contribution is 2.28. The highest BCUT2D eigenvalue weighted by Gasteiger charge is 2.21. The van der Waals surface area contributed by atoms with Crippen LogP contribution in [0.15, 0.2) is 30.3 Å². The molecule has 1 heteroatoms. The third kappa shape index (κ3) is 2.56. The fourth-order valence-corrected chi connectivity index (χ4v) is 1.52. The van der Waals surface area contributed by atoms with Crippen LogP contribution in [0.2, 0.25) is 0 Å². The van der Waals surface area contributed by atoms with Gasteiger partial charge in [-0.15, -0.1) is 0 Å². The standard InChI is InChI=1S/C12H17N/c1-10(13-9-11-7-8-11)12-5-3-2-4-6-12/h2-6,10-11,13H,7-9H2,1H3. The Kier molecular flexibility index (Phi) is 2.65. The third-order valence-electron chi connectivity index (χ3n) is 2.71. The lowest BCUT2D eigenvalue weighted by Crippen LogP contribution is -2.20. The SMILES string of the molecule is CC(NCC1CC1)c1ccccc1. The van der Waals surface area contributed by atoms with Gasteiger partial charge in [-0.2, -0.15) is 0 Å². The first kappa shape index (κ1) is 8.76.